The van der Waals surface area contributed by atoms with Gasteiger partial charge in [0.05, 0.1) is 5.92 Å². The van der Waals surface area contributed by atoms with E-state index in [1.807, 2.05) is 0 Å². The van der Waals surface area contributed by atoms with Crippen molar-refractivity contribution in [1.82, 2.24) is 0 Å². The fraction of sp³-hybridized carbons (Fsp3) is 0.889. The molecule has 2 heteroatoms. The molecule has 4 bridgehead atoms. The summed E-state index contributed by atoms with van der Waals surface area (Å²) in [6.45, 7) is 0. The standard InChI is InChI=1S/C9H12O2/c10-9-7-3-5-1-2-6(7)8(4-5)11-9/h5-8H,1-4H2/t5-,6+,7-,8+/m1/s1. The average molecular weight is 152 g/mol. The maximum atomic E-state index is 11.2. The monoisotopic (exact) mass is 152 g/mol. The second kappa shape index (κ2) is 1.79. The van der Waals surface area contributed by atoms with Crippen LogP contribution < -0.4 is 0 Å². The highest BCUT2D eigenvalue weighted by Gasteiger charge is 2.52. The second-order valence-corrected chi connectivity index (χ2v) is 4.16. The molecule has 0 N–H and O–H groups in total. The molecule has 0 aromatic carbocycles. The molecule has 0 aromatic rings. The van der Waals surface area contributed by atoms with Crippen LogP contribution >= 0.6 is 0 Å². The molecule has 3 aliphatic carbocycles. The van der Waals surface area contributed by atoms with Gasteiger partial charge in [-0.15, -0.1) is 0 Å². The van der Waals surface area contributed by atoms with Crippen molar-refractivity contribution < 1.29 is 9.53 Å². The number of fused-ring (bicyclic) bond motifs is 1. The number of ether oxygens (including phenoxy) is 1. The summed E-state index contributed by atoms with van der Waals surface area (Å²) < 4.78 is 5.28. The van der Waals surface area contributed by atoms with Gasteiger partial charge in [0.1, 0.15) is 6.10 Å². The summed E-state index contributed by atoms with van der Waals surface area (Å²) in [6, 6.07) is 0. The first-order valence-electron chi connectivity index (χ1n) is 4.55. The molecule has 4 fully saturated rings. The summed E-state index contributed by atoms with van der Waals surface area (Å²) in [5.74, 6) is 1.81. The number of carbonyl (C=O) groups excluding carboxylic acids is 1. The van der Waals surface area contributed by atoms with Gasteiger partial charge in [-0.05, 0) is 31.6 Å². The Bertz CT molecular complexity index is 212. The van der Waals surface area contributed by atoms with E-state index in [-0.39, 0.29) is 5.97 Å². The first kappa shape index (κ1) is 6.04. The first-order chi connectivity index (χ1) is 5.34. The Morgan fingerprint density at radius 3 is 2.82 bits per heavy atom. The number of hydrogen-bond acceptors (Lipinski definition) is 2. The molecule has 4 aliphatic rings. The van der Waals surface area contributed by atoms with Crippen molar-refractivity contribution in [3.63, 3.8) is 0 Å². The fourth-order valence-electron chi connectivity index (χ4n) is 3.09. The Balaban J connectivity index is 1.99. The molecule has 1 heterocycles. The van der Waals surface area contributed by atoms with Crippen LogP contribution in [0.5, 0.6) is 0 Å². The maximum Gasteiger partial charge on any atom is 0.309 e. The Kier molecular flexibility index (Phi) is 0.984. The minimum absolute atomic E-state index is 0.0993. The molecule has 3 saturated carbocycles. The second-order valence-electron chi connectivity index (χ2n) is 4.16. The fourth-order valence-corrected chi connectivity index (χ4v) is 3.09. The molecule has 1 saturated heterocycles. The number of hydrogen-bond donors (Lipinski definition) is 0. The first-order valence-corrected chi connectivity index (χ1v) is 4.55. The van der Waals surface area contributed by atoms with Gasteiger partial charge in [-0.1, -0.05) is 0 Å². The molecule has 1 aliphatic heterocycles. The van der Waals surface area contributed by atoms with E-state index in [9.17, 15) is 4.79 Å². The van der Waals surface area contributed by atoms with Gasteiger partial charge in [0.25, 0.3) is 0 Å². The minimum Gasteiger partial charge on any atom is -0.462 e. The Labute approximate surface area is 65.9 Å². The summed E-state index contributed by atoms with van der Waals surface area (Å²) >= 11 is 0. The van der Waals surface area contributed by atoms with E-state index in [1.54, 1.807) is 0 Å². The van der Waals surface area contributed by atoms with E-state index in [1.165, 1.54) is 12.8 Å². The third kappa shape index (κ3) is 0.652. The highest BCUT2D eigenvalue weighted by atomic mass is 16.6. The molecule has 2 nitrogen and oxygen atoms in total. The Morgan fingerprint density at radius 2 is 2.18 bits per heavy atom. The lowest BCUT2D eigenvalue weighted by molar-refractivity contribution is -0.143. The van der Waals surface area contributed by atoms with Crippen LogP contribution in [0.2, 0.25) is 0 Å². The lowest BCUT2D eigenvalue weighted by Crippen LogP contribution is -2.36. The van der Waals surface area contributed by atoms with Crippen molar-refractivity contribution in [3.8, 4) is 0 Å². The maximum absolute atomic E-state index is 11.2. The highest BCUT2D eigenvalue weighted by molar-refractivity contribution is 5.75. The molecule has 4 atom stereocenters. The SMILES string of the molecule is O=C1O[C@H]2C[C@@H]3CC[C@H]2[C@H]1C3. The van der Waals surface area contributed by atoms with E-state index in [0.29, 0.717) is 17.9 Å². The van der Waals surface area contributed by atoms with E-state index < -0.39 is 0 Å². The molecule has 4 rings (SSSR count). The third-order valence-electron chi connectivity index (χ3n) is 3.63. The topological polar surface area (TPSA) is 26.3 Å². The number of esters is 1. The zero-order chi connectivity index (χ0) is 7.42. The largest absolute Gasteiger partial charge is 0.462 e. The minimum atomic E-state index is 0.0993. The van der Waals surface area contributed by atoms with E-state index in [4.69, 9.17) is 4.74 Å². The van der Waals surface area contributed by atoms with Gasteiger partial charge in [0.2, 0.25) is 0 Å². The van der Waals surface area contributed by atoms with Crippen LogP contribution in [0.1, 0.15) is 25.7 Å². The van der Waals surface area contributed by atoms with Crippen molar-refractivity contribution >= 4 is 5.97 Å². The predicted octanol–water partition coefficient (Wildman–Crippen LogP) is 1.35. The lowest BCUT2D eigenvalue weighted by atomic mass is 9.65. The molecule has 0 radical (unpaired) electrons. The summed E-state index contributed by atoms with van der Waals surface area (Å²) in [5.41, 5.74) is 0. The quantitative estimate of drug-likeness (QED) is 0.490. The number of rotatable bonds is 0. The molecule has 11 heavy (non-hydrogen) atoms. The molecular weight excluding hydrogens is 140 g/mol. The van der Waals surface area contributed by atoms with Crippen LogP contribution in [-0.2, 0) is 9.53 Å². The predicted molar refractivity (Wildman–Crippen MR) is 38.8 cm³/mol. The van der Waals surface area contributed by atoms with Crippen molar-refractivity contribution in [2.45, 2.75) is 31.8 Å². The van der Waals surface area contributed by atoms with Gasteiger partial charge in [-0.25, -0.2) is 0 Å². The summed E-state index contributed by atoms with van der Waals surface area (Å²) in [6.07, 6.45) is 5.19. The van der Waals surface area contributed by atoms with Gasteiger partial charge in [-0.2, -0.15) is 0 Å². The molecule has 60 valence electrons. The van der Waals surface area contributed by atoms with Crippen LogP contribution in [0.3, 0.4) is 0 Å². The van der Waals surface area contributed by atoms with E-state index in [2.05, 4.69) is 0 Å². The van der Waals surface area contributed by atoms with Crippen LogP contribution in [0.4, 0.5) is 0 Å². The zero-order valence-electron chi connectivity index (χ0n) is 6.45. The molecule has 0 amide bonds. The summed E-state index contributed by atoms with van der Waals surface area (Å²) in [5, 5.41) is 0. The Hall–Kier alpha value is -0.530. The third-order valence-corrected chi connectivity index (χ3v) is 3.63. The average Bonchev–Trinajstić information content (AvgIpc) is 2.25. The van der Waals surface area contributed by atoms with Crippen molar-refractivity contribution in [2.75, 3.05) is 0 Å². The van der Waals surface area contributed by atoms with Gasteiger partial charge in [0.15, 0.2) is 0 Å². The van der Waals surface area contributed by atoms with E-state index in [0.717, 1.165) is 18.8 Å². The Morgan fingerprint density at radius 1 is 1.27 bits per heavy atom. The van der Waals surface area contributed by atoms with Crippen molar-refractivity contribution in [3.05, 3.63) is 0 Å². The smallest absolute Gasteiger partial charge is 0.309 e. The van der Waals surface area contributed by atoms with Crippen LogP contribution in [-0.4, -0.2) is 12.1 Å². The van der Waals surface area contributed by atoms with Gasteiger partial charge >= 0.3 is 5.97 Å². The summed E-state index contributed by atoms with van der Waals surface area (Å²) in [4.78, 5) is 11.2. The molecular formula is C9H12O2. The van der Waals surface area contributed by atoms with Crippen molar-refractivity contribution in [1.29, 1.82) is 0 Å². The lowest BCUT2D eigenvalue weighted by Gasteiger charge is -2.38. The molecule has 0 unspecified atom stereocenters. The van der Waals surface area contributed by atoms with Gasteiger partial charge in [0, 0.05) is 5.92 Å². The van der Waals surface area contributed by atoms with Crippen molar-refractivity contribution in [2.24, 2.45) is 17.8 Å². The summed E-state index contributed by atoms with van der Waals surface area (Å²) in [7, 11) is 0. The normalized spacial score (nSPS) is 52.9. The molecule has 0 aromatic heterocycles. The highest BCUT2D eigenvalue weighted by Crippen LogP contribution is 2.50. The van der Waals surface area contributed by atoms with Crippen LogP contribution in [0.25, 0.3) is 0 Å². The molecule has 0 spiro atoms. The number of carbonyl (C=O) groups is 1. The zero-order valence-corrected chi connectivity index (χ0v) is 6.45. The van der Waals surface area contributed by atoms with E-state index >= 15 is 0 Å². The van der Waals surface area contributed by atoms with Gasteiger partial charge in [-0.3, -0.25) is 4.79 Å². The van der Waals surface area contributed by atoms with Crippen LogP contribution in [0.15, 0.2) is 0 Å². The van der Waals surface area contributed by atoms with Crippen LogP contribution in [0, 0.1) is 17.8 Å². The van der Waals surface area contributed by atoms with Gasteiger partial charge < -0.3 is 4.74 Å².